The third-order valence-electron chi connectivity index (χ3n) is 13.0. The van der Waals surface area contributed by atoms with Gasteiger partial charge in [-0.1, -0.05) is 78.4 Å². The van der Waals surface area contributed by atoms with Gasteiger partial charge in [-0.15, -0.1) is 37.2 Å². The third kappa shape index (κ3) is 10.5. The maximum Gasteiger partial charge on any atom is 0.323 e. The molecule has 0 aromatic rings. The van der Waals surface area contributed by atoms with Crippen molar-refractivity contribution in [3.63, 3.8) is 0 Å². The molecule has 0 aromatic carbocycles. The van der Waals surface area contributed by atoms with Crippen molar-refractivity contribution in [2.24, 2.45) is 57.8 Å². The van der Waals surface area contributed by atoms with Gasteiger partial charge in [-0.05, 0) is 137 Å². The van der Waals surface area contributed by atoms with Crippen LogP contribution in [0.25, 0.3) is 0 Å². The molecule has 5 N–H and O–H groups in total. The van der Waals surface area contributed by atoms with Gasteiger partial charge >= 0.3 is 5.97 Å². The minimum Gasteiger partial charge on any atom is -0.461 e. The smallest absolute Gasteiger partial charge is 0.323 e. The maximum absolute atomic E-state index is 13.3. The molecule has 272 valence electrons. The Morgan fingerprint density at radius 3 is 2.28 bits per heavy atom. The van der Waals surface area contributed by atoms with Crippen LogP contribution in [0.3, 0.4) is 0 Å². The number of unbranched alkanes of at least 4 members (excludes halogenated alkanes) is 3. The monoisotopic (exact) mass is 707 g/mol. The summed E-state index contributed by atoms with van der Waals surface area (Å²) in [5.41, 5.74) is 13.8. The Morgan fingerprint density at radius 2 is 1.59 bits per heavy atom. The standard InChI is InChI=1S/C38H69N3O2.3ClH/c1-27(2)12-10-13-28(3)32-17-18-33-31-16-15-29-26-30(19-21-37(29,4)34(31)20-22-38(32,33)5)43-36(42)35(14-11-24-40)41-25-9-7-6-8-23-39;;;/h15,27-28,30-35,41H,6-14,16-26,39-40H2,1-5H3;3*1H/t28-,30+,31+,32-,33+,34+,35+,37+,38-;;;/m1.../s1. The Kier molecular flexibility index (Phi) is 19.7. The SMILES string of the molecule is CC(C)CCC[C@@H](C)[C@H]1CC[C@H]2[C@@H]3CC=C4C[C@@H](OC(=O)[C@H](CCCN)NCCCCCCN)CC[C@]4(C)[C@H]3CC[C@]12C.Cl.Cl.Cl. The molecule has 3 fully saturated rings. The van der Waals surface area contributed by atoms with Crippen LogP contribution < -0.4 is 16.8 Å². The Morgan fingerprint density at radius 1 is 0.870 bits per heavy atom. The molecule has 8 heteroatoms. The van der Waals surface area contributed by atoms with E-state index >= 15 is 0 Å². The van der Waals surface area contributed by atoms with Crippen molar-refractivity contribution in [3.05, 3.63) is 11.6 Å². The zero-order valence-corrected chi connectivity index (χ0v) is 32.5. The van der Waals surface area contributed by atoms with Crippen LogP contribution >= 0.6 is 37.2 Å². The molecule has 0 amide bonds. The Hall–Kier alpha value is -0.0400. The van der Waals surface area contributed by atoms with Crippen molar-refractivity contribution in [3.8, 4) is 0 Å². The summed E-state index contributed by atoms with van der Waals surface area (Å²) in [6.45, 7) is 14.8. The predicted molar refractivity (Wildman–Crippen MR) is 202 cm³/mol. The summed E-state index contributed by atoms with van der Waals surface area (Å²) in [5, 5.41) is 3.50. The van der Waals surface area contributed by atoms with Gasteiger partial charge in [-0.3, -0.25) is 4.79 Å². The van der Waals surface area contributed by atoms with E-state index in [1.165, 1.54) is 57.8 Å². The fourth-order valence-corrected chi connectivity index (χ4v) is 10.5. The highest BCUT2D eigenvalue weighted by Crippen LogP contribution is 2.67. The van der Waals surface area contributed by atoms with Crippen molar-refractivity contribution in [2.45, 2.75) is 156 Å². The number of ether oxygens (including phenoxy) is 1. The number of fused-ring (bicyclic) bond motifs is 5. The summed E-state index contributed by atoms with van der Waals surface area (Å²) in [7, 11) is 0. The van der Waals surface area contributed by atoms with Crippen LogP contribution in [0.4, 0.5) is 0 Å². The number of rotatable bonds is 17. The van der Waals surface area contributed by atoms with E-state index in [0.717, 1.165) is 100.0 Å². The molecule has 0 saturated heterocycles. The minimum atomic E-state index is -0.241. The summed E-state index contributed by atoms with van der Waals surface area (Å²) in [5.74, 6) is 5.06. The van der Waals surface area contributed by atoms with Crippen molar-refractivity contribution in [1.29, 1.82) is 0 Å². The summed E-state index contributed by atoms with van der Waals surface area (Å²) >= 11 is 0. The van der Waals surface area contributed by atoms with Gasteiger partial charge in [-0.2, -0.15) is 0 Å². The highest BCUT2D eigenvalue weighted by atomic mass is 35.5. The van der Waals surface area contributed by atoms with Gasteiger partial charge in [0.15, 0.2) is 0 Å². The molecule has 4 rings (SSSR count). The summed E-state index contributed by atoms with van der Waals surface area (Å²) in [6, 6.07) is -0.241. The number of halogens is 3. The third-order valence-corrected chi connectivity index (χ3v) is 13.0. The second-order valence-electron chi connectivity index (χ2n) is 16.2. The first-order valence-corrected chi connectivity index (χ1v) is 18.7. The van der Waals surface area contributed by atoms with Crippen LogP contribution in [0.15, 0.2) is 11.6 Å². The molecule has 0 spiro atoms. The fourth-order valence-electron chi connectivity index (χ4n) is 10.5. The number of allylic oxidation sites excluding steroid dienone is 1. The summed E-state index contributed by atoms with van der Waals surface area (Å²) < 4.78 is 6.25. The predicted octanol–water partition coefficient (Wildman–Crippen LogP) is 9.42. The van der Waals surface area contributed by atoms with E-state index in [1.807, 2.05) is 0 Å². The lowest BCUT2D eigenvalue weighted by atomic mass is 9.47. The number of esters is 1. The average Bonchev–Trinajstić information content (AvgIpc) is 3.33. The van der Waals surface area contributed by atoms with Gasteiger partial charge in [0, 0.05) is 6.42 Å². The molecule has 0 heterocycles. The normalized spacial score (nSPS) is 32.8. The number of carbonyl (C=O) groups excluding carboxylic acids is 1. The Balaban J connectivity index is 0.00000353. The molecule has 9 atom stereocenters. The van der Waals surface area contributed by atoms with E-state index < -0.39 is 0 Å². The minimum absolute atomic E-state index is 0. The van der Waals surface area contributed by atoms with Crippen LogP contribution in [0.2, 0.25) is 0 Å². The van der Waals surface area contributed by atoms with E-state index in [9.17, 15) is 4.79 Å². The second-order valence-corrected chi connectivity index (χ2v) is 16.2. The van der Waals surface area contributed by atoms with Gasteiger partial charge in [-0.25, -0.2) is 0 Å². The van der Waals surface area contributed by atoms with E-state index in [1.54, 1.807) is 5.57 Å². The van der Waals surface area contributed by atoms with E-state index in [-0.39, 0.29) is 60.8 Å². The van der Waals surface area contributed by atoms with Gasteiger partial charge < -0.3 is 21.5 Å². The van der Waals surface area contributed by atoms with Gasteiger partial charge in [0.2, 0.25) is 0 Å². The molecule has 4 aliphatic rings. The Labute approximate surface area is 301 Å². The summed E-state index contributed by atoms with van der Waals surface area (Å²) in [6.07, 6.45) is 22.9. The van der Waals surface area contributed by atoms with Crippen LogP contribution in [0.1, 0.15) is 144 Å². The largest absolute Gasteiger partial charge is 0.461 e. The number of hydrogen-bond acceptors (Lipinski definition) is 5. The highest BCUT2D eigenvalue weighted by Gasteiger charge is 2.59. The first-order valence-electron chi connectivity index (χ1n) is 18.7. The van der Waals surface area contributed by atoms with E-state index in [0.29, 0.717) is 12.0 Å². The first-order chi connectivity index (χ1) is 20.6. The van der Waals surface area contributed by atoms with Crippen LogP contribution in [0.5, 0.6) is 0 Å². The van der Waals surface area contributed by atoms with Crippen LogP contribution in [0, 0.1) is 46.3 Å². The molecule has 3 saturated carbocycles. The van der Waals surface area contributed by atoms with E-state index in [4.69, 9.17) is 16.2 Å². The average molecular weight is 709 g/mol. The quantitative estimate of drug-likeness (QED) is 0.0796. The number of nitrogens with two attached hydrogens (primary N) is 2. The number of nitrogens with one attached hydrogen (secondary N) is 1. The molecule has 46 heavy (non-hydrogen) atoms. The van der Waals surface area contributed by atoms with Gasteiger partial charge in [0.05, 0.1) is 0 Å². The molecule has 0 radical (unpaired) electrons. The van der Waals surface area contributed by atoms with Gasteiger partial charge in [0.25, 0.3) is 0 Å². The molecular formula is C38H72Cl3N3O2. The zero-order chi connectivity index (χ0) is 31.0. The van der Waals surface area contributed by atoms with Crippen molar-refractivity contribution in [2.75, 3.05) is 19.6 Å². The zero-order valence-electron chi connectivity index (χ0n) is 30.0. The molecule has 0 aliphatic heterocycles. The fraction of sp³-hybridized carbons (Fsp3) is 0.921. The molecule has 0 aromatic heterocycles. The number of hydrogen-bond donors (Lipinski definition) is 3. The lowest BCUT2D eigenvalue weighted by Gasteiger charge is -2.58. The first kappa shape index (κ1) is 44.0. The maximum atomic E-state index is 13.3. The van der Waals surface area contributed by atoms with Crippen LogP contribution in [-0.4, -0.2) is 37.7 Å². The molecule has 5 nitrogen and oxygen atoms in total. The lowest BCUT2D eigenvalue weighted by Crippen LogP contribution is -2.51. The van der Waals surface area contributed by atoms with Crippen molar-refractivity contribution >= 4 is 43.2 Å². The molecule has 0 bridgehead atoms. The van der Waals surface area contributed by atoms with Crippen molar-refractivity contribution in [1.82, 2.24) is 5.32 Å². The molecule has 0 unspecified atom stereocenters. The molecule has 4 aliphatic carbocycles. The van der Waals surface area contributed by atoms with Gasteiger partial charge in [0.1, 0.15) is 12.1 Å². The molecular weight excluding hydrogens is 637 g/mol. The highest BCUT2D eigenvalue weighted by molar-refractivity contribution is 5.86. The van der Waals surface area contributed by atoms with E-state index in [2.05, 4.69) is 46.0 Å². The van der Waals surface area contributed by atoms with Crippen molar-refractivity contribution < 1.29 is 9.53 Å². The Bertz CT molecular complexity index is 920. The topological polar surface area (TPSA) is 90.4 Å². The summed E-state index contributed by atoms with van der Waals surface area (Å²) in [4.78, 5) is 13.3. The number of carbonyl (C=O) groups is 1. The van der Waals surface area contributed by atoms with Crippen LogP contribution in [-0.2, 0) is 9.53 Å². The second kappa shape index (κ2) is 20.6. The lowest BCUT2D eigenvalue weighted by molar-refractivity contribution is -0.154.